The summed E-state index contributed by atoms with van der Waals surface area (Å²) >= 11 is 3.34. The van der Waals surface area contributed by atoms with Crippen LogP contribution in [0.2, 0.25) is 0 Å². The lowest BCUT2D eigenvalue weighted by molar-refractivity contribution is 0.129. The maximum atomic E-state index is 5.53. The lowest BCUT2D eigenvalue weighted by atomic mass is 10.3. The summed E-state index contributed by atoms with van der Waals surface area (Å²) in [5.74, 6) is 7.16. The number of nitrogens with one attached hydrogen (secondary N) is 1. The van der Waals surface area contributed by atoms with Crippen molar-refractivity contribution < 1.29 is 4.74 Å². The average molecular weight is 246 g/mol. The fourth-order valence-corrected chi connectivity index (χ4v) is 3.23. The number of hydrazine groups is 1. The number of nitrogens with zero attached hydrogens (tertiary/aromatic N) is 2. The summed E-state index contributed by atoms with van der Waals surface area (Å²) in [4.78, 5) is 0. The van der Waals surface area contributed by atoms with Gasteiger partial charge in [0.15, 0.2) is 0 Å². The summed E-state index contributed by atoms with van der Waals surface area (Å²) in [5.41, 5.74) is 2.49. The van der Waals surface area contributed by atoms with Gasteiger partial charge in [0, 0.05) is 18.1 Å². The molecule has 1 aliphatic rings. The molecule has 7 heteroatoms. The Morgan fingerprint density at radius 2 is 2.53 bits per heavy atom. The van der Waals surface area contributed by atoms with Crippen molar-refractivity contribution in [2.75, 3.05) is 17.8 Å². The van der Waals surface area contributed by atoms with Crippen LogP contribution in [0.5, 0.6) is 0 Å². The number of nitrogens with two attached hydrogens (primary N) is 1. The van der Waals surface area contributed by atoms with E-state index >= 15 is 0 Å². The first-order valence-electron chi connectivity index (χ1n) is 4.87. The molecular weight excluding hydrogens is 232 g/mol. The van der Waals surface area contributed by atoms with Crippen molar-refractivity contribution in [2.24, 2.45) is 5.84 Å². The number of thioether (sulfide) groups is 1. The highest BCUT2D eigenvalue weighted by atomic mass is 32.2. The van der Waals surface area contributed by atoms with Gasteiger partial charge in [0.2, 0.25) is 5.13 Å². The Kier molecular flexibility index (Phi) is 4.18. The van der Waals surface area contributed by atoms with Gasteiger partial charge >= 0.3 is 0 Å². The van der Waals surface area contributed by atoms with E-state index in [-0.39, 0.29) is 0 Å². The first-order valence-corrected chi connectivity index (χ1v) is 6.84. The van der Waals surface area contributed by atoms with Crippen molar-refractivity contribution in [3.63, 3.8) is 0 Å². The van der Waals surface area contributed by atoms with Crippen molar-refractivity contribution >= 4 is 28.2 Å². The summed E-state index contributed by atoms with van der Waals surface area (Å²) in [6.45, 7) is 0.922. The van der Waals surface area contributed by atoms with E-state index in [2.05, 4.69) is 15.6 Å². The van der Waals surface area contributed by atoms with Crippen molar-refractivity contribution in [1.29, 1.82) is 0 Å². The first-order chi connectivity index (χ1) is 7.38. The first kappa shape index (κ1) is 11.1. The molecule has 1 unspecified atom stereocenters. The standard InChI is InChI=1S/C8H14N4OS2/c9-10-8-12-11-7(15-8)5-14-4-6-2-1-3-13-6/h6H,1-5,9H2,(H,10,12). The molecule has 2 rings (SSSR count). The molecule has 0 spiro atoms. The second-order valence-electron chi connectivity index (χ2n) is 3.30. The zero-order valence-electron chi connectivity index (χ0n) is 8.31. The van der Waals surface area contributed by atoms with Crippen LogP contribution >= 0.6 is 23.1 Å². The minimum absolute atomic E-state index is 0.440. The van der Waals surface area contributed by atoms with Crippen molar-refractivity contribution in [2.45, 2.75) is 24.7 Å². The minimum Gasteiger partial charge on any atom is -0.377 e. The maximum absolute atomic E-state index is 5.53. The number of aromatic nitrogens is 2. The highest BCUT2D eigenvalue weighted by Crippen LogP contribution is 2.22. The number of rotatable bonds is 5. The van der Waals surface area contributed by atoms with Gasteiger partial charge in [0.1, 0.15) is 5.01 Å². The van der Waals surface area contributed by atoms with Gasteiger partial charge in [0.25, 0.3) is 0 Å². The third-order valence-corrected chi connectivity index (χ3v) is 4.27. The van der Waals surface area contributed by atoms with Gasteiger partial charge in [-0.2, -0.15) is 11.8 Å². The predicted molar refractivity (Wildman–Crippen MR) is 62.9 cm³/mol. The van der Waals surface area contributed by atoms with Crippen LogP contribution in [0.15, 0.2) is 0 Å². The van der Waals surface area contributed by atoms with E-state index in [9.17, 15) is 0 Å². The molecule has 84 valence electrons. The number of hydrogen-bond acceptors (Lipinski definition) is 7. The molecule has 0 saturated carbocycles. The second-order valence-corrected chi connectivity index (χ2v) is 5.39. The van der Waals surface area contributed by atoms with Crippen LogP contribution in [0, 0.1) is 0 Å². The largest absolute Gasteiger partial charge is 0.377 e. The summed E-state index contributed by atoms with van der Waals surface area (Å²) < 4.78 is 5.53. The molecule has 1 atom stereocenters. The molecule has 1 aliphatic heterocycles. The Hall–Kier alpha value is -0.370. The monoisotopic (exact) mass is 246 g/mol. The van der Waals surface area contributed by atoms with E-state index in [4.69, 9.17) is 10.6 Å². The molecule has 0 aromatic carbocycles. The van der Waals surface area contributed by atoms with E-state index in [1.807, 2.05) is 11.8 Å². The second kappa shape index (κ2) is 5.64. The Balaban J connectivity index is 1.68. The number of ether oxygens (including phenoxy) is 1. The van der Waals surface area contributed by atoms with Gasteiger partial charge in [-0.15, -0.1) is 10.2 Å². The molecule has 2 heterocycles. The molecule has 1 aromatic heterocycles. The normalized spacial score (nSPS) is 20.7. The maximum Gasteiger partial charge on any atom is 0.219 e. The third-order valence-electron chi connectivity index (χ3n) is 2.14. The number of hydrogen-bond donors (Lipinski definition) is 2. The average Bonchev–Trinajstić information content (AvgIpc) is 2.88. The fraction of sp³-hybridized carbons (Fsp3) is 0.750. The van der Waals surface area contributed by atoms with E-state index in [0.29, 0.717) is 11.2 Å². The van der Waals surface area contributed by atoms with Crippen LogP contribution < -0.4 is 11.3 Å². The number of anilines is 1. The Labute approximate surface area is 96.8 Å². The van der Waals surface area contributed by atoms with Crippen LogP contribution in [0.1, 0.15) is 17.8 Å². The van der Waals surface area contributed by atoms with E-state index < -0.39 is 0 Å². The van der Waals surface area contributed by atoms with Crippen molar-refractivity contribution in [3.8, 4) is 0 Å². The molecule has 15 heavy (non-hydrogen) atoms. The highest BCUT2D eigenvalue weighted by molar-refractivity contribution is 7.98. The lowest BCUT2D eigenvalue weighted by Crippen LogP contribution is -2.07. The van der Waals surface area contributed by atoms with Gasteiger partial charge in [-0.05, 0) is 12.8 Å². The molecular formula is C8H14N4OS2. The van der Waals surface area contributed by atoms with Gasteiger partial charge in [-0.1, -0.05) is 11.3 Å². The molecule has 0 radical (unpaired) electrons. The molecule has 1 aromatic rings. The molecule has 0 amide bonds. The van der Waals surface area contributed by atoms with Gasteiger partial charge in [-0.25, -0.2) is 5.84 Å². The van der Waals surface area contributed by atoms with E-state index in [1.165, 1.54) is 24.2 Å². The van der Waals surface area contributed by atoms with Crippen LogP contribution in [-0.4, -0.2) is 28.7 Å². The van der Waals surface area contributed by atoms with E-state index in [1.54, 1.807) is 0 Å². The lowest BCUT2D eigenvalue weighted by Gasteiger charge is -2.06. The summed E-state index contributed by atoms with van der Waals surface area (Å²) in [6.07, 6.45) is 2.83. The van der Waals surface area contributed by atoms with Crippen molar-refractivity contribution in [1.82, 2.24) is 10.2 Å². The highest BCUT2D eigenvalue weighted by Gasteiger charge is 2.15. The molecule has 1 fully saturated rings. The Morgan fingerprint density at radius 1 is 1.60 bits per heavy atom. The van der Waals surface area contributed by atoms with Crippen LogP contribution in [0.4, 0.5) is 5.13 Å². The summed E-state index contributed by atoms with van der Waals surface area (Å²) in [6, 6.07) is 0. The fourth-order valence-electron chi connectivity index (χ4n) is 1.42. The molecule has 0 bridgehead atoms. The SMILES string of the molecule is NNc1nnc(CSCC2CCCO2)s1. The molecule has 3 N–H and O–H groups in total. The minimum atomic E-state index is 0.440. The summed E-state index contributed by atoms with van der Waals surface area (Å²) in [7, 11) is 0. The molecule has 5 nitrogen and oxygen atoms in total. The molecule has 0 aliphatic carbocycles. The van der Waals surface area contributed by atoms with Gasteiger partial charge in [0.05, 0.1) is 6.10 Å². The van der Waals surface area contributed by atoms with Gasteiger partial charge in [-0.3, -0.25) is 5.43 Å². The van der Waals surface area contributed by atoms with Gasteiger partial charge < -0.3 is 4.74 Å². The zero-order valence-corrected chi connectivity index (χ0v) is 9.94. The van der Waals surface area contributed by atoms with Crippen molar-refractivity contribution in [3.05, 3.63) is 5.01 Å². The Morgan fingerprint density at radius 3 is 3.20 bits per heavy atom. The Bertz CT molecular complexity index is 301. The molecule has 1 saturated heterocycles. The van der Waals surface area contributed by atoms with Crippen LogP contribution in [-0.2, 0) is 10.5 Å². The third kappa shape index (κ3) is 3.30. The zero-order chi connectivity index (χ0) is 10.5. The quantitative estimate of drug-likeness (QED) is 0.601. The number of nitrogen functional groups attached to an aromatic ring is 1. The van der Waals surface area contributed by atoms with E-state index in [0.717, 1.165) is 23.1 Å². The predicted octanol–water partition coefficient (Wildman–Crippen LogP) is 1.24. The summed E-state index contributed by atoms with van der Waals surface area (Å²) in [5, 5.41) is 9.56. The van der Waals surface area contributed by atoms with Crippen LogP contribution in [0.25, 0.3) is 0 Å². The van der Waals surface area contributed by atoms with Crippen LogP contribution in [0.3, 0.4) is 0 Å². The smallest absolute Gasteiger partial charge is 0.219 e. The topological polar surface area (TPSA) is 73.1 Å².